The topological polar surface area (TPSA) is 6.48 Å². The standard InChI is InChI=1S/C48H32N2S2/c1-4-12-35(13-5-1)49(36-14-6-2-7-15-36)39-26-29-47-44(31-39)42-27-25-40(32-48(42)52-47)50(37-16-8-3-9-17-37)38-23-20-33(21-24-38)34-22-28-46-43(30-34)41-18-10-11-19-45(41)51-46/h1-32H. The highest BCUT2D eigenvalue weighted by atomic mass is 32.1. The third kappa shape index (κ3) is 5.41. The van der Waals surface area contributed by atoms with Gasteiger partial charge < -0.3 is 9.80 Å². The molecule has 0 spiro atoms. The lowest BCUT2D eigenvalue weighted by Gasteiger charge is -2.26. The number of hydrogen-bond donors (Lipinski definition) is 0. The fourth-order valence-electron chi connectivity index (χ4n) is 7.37. The third-order valence-corrected chi connectivity index (χ3v) is 12.1. The summed E-state index contributed by atoms with van der Waals surface area (Å²) in [6.07, 6.45) is 0. The van der Waals surface area contributed by atoms with Crippen LogP contribution in [0, 0.1) is 0 Å². The largest absolute Gasteiger partial charge is 0.310 e. The summed E-state index contributed by atoms with van der Waals surface area (Å²) in [5.74, 6) is 0. The minimum Gasteiger partial charge on any atom is -0.310 e. The number of rotatable bonds is 7. The molecule has 52 heavy (non-hydrogen) atoms. The van der Waals surface area contributed by atoms with Gasteiger partial charge in [-0.05, 0) is 108 Å². The Bertz CT molecular complexity index is 2800. The predicted octanol–water partition coefficient (Wildman–Crippen LogP) is 15.0. The quantitative estimate of drug-likeness (QED) is 0.163. The van der Waals surface area contributed by atoms with E-state index >= 15 is 0 Å². The molecule has 10 rings (SSSR count). The zero-order chi connectivity index (χ0) is 34.4. The van der Waals surface area contributed by atoms with Gasteiger partial charge in [0.2, 0.25) is 0 Å². The van der Waals surface area contributed by atoms with Gasteiger partial charge in [-0.15, -0.1) is 22.7 Å². The van der Waals surface area contributed by atoms with E-state index in [0.717, 1.165) is 34.1 Å². The van der Waals surface area contributed by atoms with Crippen molar-refractivity contribution in [3.63, 3.8) is 0 Å². The summed E-state index contributed by atoms with van der Waals surface area (Å²) in [4.78, 5) is 4.69. The van der Waals surface area contributed by atoms with Crippen LogP contribution in [-0.4, -0.2) is 0 Å². The Morgan fingerprint density at radius 2 is 0.673 bits per heavy atom. The van der Waals surface area contributed by atoms with Crippen molar-refractivity contribution < 1.29 is 0 Å². The number of nitrogens with zero attached hydrogens (tertiary/aromatic N) is 2. The van der Waals surface area contributed by atoms with Gasteiger partial charge in [0, 0.05) is 74.5 Å². The minimum atomic E-state index is 1.13. The van der Waals surface area contributed by atoms with Crippen LogP contribution in [0.2, 0.25) is 0 Å². The molecule has 0 aliphatic carbocycles. The van der Waals surface area contributed by atoms with Gasteiger partial charge in [0.1, 0.15) is 0 Å². The zero-order valence-electron chi connectivity index (χ0n) is 28.2. The monoisotopic (exact) mass is 700 g/mol. The second-order valence-corrected chi connectivity index (χ2v) is 15.2. The van der Waals surface area contributed by atoms with Crippen molar-refractivity contribution in [2.24, 2.45) is 0 Å². The maximum absolute atomic E-state index is 2.36. The molecule has 2 heterocycles. The fraction of sp³-hybridized carbons (Fsp3) is 0. The van der Waals surface area contributed by atoms with Crippen LogP contribution in [0.5, 0.6) is 0 Å². The van der Waals surface area contributed by atoms with Crippen molar-refractivity contribution in [3.05, 3.63) is 194 Å². The number of fused-ring (bicyclic) bond motifs is 6. The van der Waals surface area contributed by atoms with Crippen LogP contribution in [0.4, 0.5) is 34.1 Å². The minimum absolute atomic E-state index is 1.13. The van der Waals surface area contributed by atoms with Crippen molar-refractivity contribution >= 4 is 97.1 Å². The Morgan fingerprint density at radius 1 is 0.250 bits per heavy atom. The van der Waals surface area contributed by atoms with Gasteiger partial charge in [-0.1, -0.05) is 97.1 Å². The molecule has 4 heteroatoms. The molecule has 10 aromatic rings. The summed E-state index contributed by atoms with van der Waals surface area (Å²) in [6.45, 7) is 0. The van der Waals surface area contributed by atoms with E-state index in [0.29, 0.717) is 0 Å². The van der Waals surface area contributed by atoms with Gasteiger partial charge in [0.05, 0.1) is 0 Å². The Balaban J connectivity index is 1.04. The number of benzene rings is 8. The summed E-state index contributed by atoms with van der Waals surface area (Å²) < 4.78 is 5.21. The molecule has 0 amide bonds. The normalized spacial score (nSPS) is 11.5. The molecule has 0 aliphatic heterocycles. The fourth-order valence-corrected chi connectivity index (χ4v) is 9.57. The Morgan fingerprint density at radius 3 is 1.33 bits per heavy atom. The molecular weight excluding hydrogens is 669 g/mol. The molecule has 0 saturated heterocycles. The molecule has 2 aromatic heterocycles. The molecule has 2 nitrogen and oxygen atoms in total. The summed E-state index contributed by atoms with van der Waals surface area (Å²) in [5.41, 5.74) is 9.26. The molecular formula is C48H32N2S2. The predicted molar refractivity (Wildman–Crippen MR) is 227 cm³/mol. The molecule has 0 atom stereocenters. The number of hydrogen-bond acceptors (Lipinski definition) is 4. The number of para-hydroxylation sites is 3. The number of thiophene rings is 2. The molecule has 0 fully saturated rings. The van der Waals surface area contributed by atoms with Crippen LogP contribution >= 0.6 is 22.7 Å². The van der Waals surface area contributed by atoms with Gasteiger partial charge in [-0.3, -0.25) is 0 Å². The smallest absolute Gasteiger partial charge is 0.0476 e. The van der Waals surface area contributed by atoms with Gasteiger partial charge in [0.15, 0.2) is 0 Å². The van der Waals surface area contributed by atoms with Crippen LogP contribution in [-0.2, 0) is 0 Å². The Labute approximate surface area is 310 Å². The van der Waals surface area contributed by atoms with Crippen molar-refractivity contribution in [3.8, 4) is 11.1 Å². The van der Waals surface area contributed by atoms with Crippen LogP contribution < -0.4 is 9.80 Å². The summed E-state index contributed by atoms with van der Waals surface area (Å²) in [5, 5.41) is 5.19. The average Bonchev–Trinajstić information content (AvgIpc) is 3.77. The first-order valence-corrected chi connectivity index (χ1v) is 19.1. The molecule has 246 valence electrons. The van der Waals surface area contributed by atoms with E-state index in [1.807, 2.05) is 22.7 Å². The molecule has 0 saturated carbocycles. The van der Waals surface area contributed by atoms with Gasteiger partial charge in [-0.2, -0.15) is 0 Å². The molecule has 0 radical (unpaired) electrons. The van der Waals surface area contributed by atoms with E-state index in [1.54, 1.807) is 0 Å². The van der Waals surface area contributed by atoms with Crippen molar-refractivity contribution in [2.75, 3.05) is 9.80 Å². The van der Waals surface area contributed by atoms with E-state index in [4.69, 9.17) is 0 Å². The highest BCUT2D eigenvalue weighted by Crippen LogP contribution is 2.44. The van der Waals surface area contributed by atoms with Crippen LogP contribution in [0.3, 0.4) is 0 Å². The van der Waals surface area contributed by atoms with Crippen molar-refractivity contribution in [2.45, 2.75) is 0 Å². The van der Waals surface area contributed by atoms with E-state index in [9.17, 15) is 0 Å². The van der Waals surface area contributed by atoms with Crippen LogP contribution in [0.15, 0.2) is 194 Å². The second kappa shape index (κ2) is 12.8. The highest BCUT2D eigenvalue weighted by Gasteiger charge is 2.17. The lowest BCUT2D eigenvalue weighted by molar-refractivity contribution is 1.29. The van der Waals surface area contributed by atoms with Crippen LogP contribution in [0.25, 0.3) is 51.5 Å². The lowest BCUT2D eigenvalue weighted by atomic mass is 10.0. The first-order chi connectivity index (χ1) is 25.8. The third-order valence-electron chi connectivity index (χ3n) is 9.83. The SMILES string of the molecule is c1ccc(N(c2ccc(-c3ccc4sc5ccccc5c4c3)cc2)c2ccc3c(c2)sc2ccc(N(c4ccccc4)c4ccccc4)cc23)cc1. The Hall–Kier alpha value is -6.20. The molecule has 0 aliphatic rings. The molecule has 0 N–H and O–H groups in total. The Kier molecular flexibility index (Phi) is 7.56. The highest BCUT2D eigenvalue weighted by molar-refractivity contribution is 7.26. The lowest BCUT2D eigenvalue weighted by Crippen LogP contribution is -2.09. The van der Waals surface area contributed by atoms with Gasteiger partial charge >= 0.3 is 0 Å². The molecule has 0 bridgehead atoms. The van der Waals surface area contributed by atoms with Crippen LogP contribution in [0.1, 0.15) is 0 Å². The summed E-state index contributed by atoms with van der Waals surface area (Å²) >= 11 is 3.71. The van der Waals surface area contributed by atoms with E-state index < -0.39 is 0 Å². The first-order valence-electron chi connectivity index (χ1n) is 17.5. The van der Waals surface area contributed by atoms with Gasteiger partial charge in [-0.25, -0.2) is 0 Å². The van der Waals surface area contributed by atoms with E-state index in [1.165, 1.54) is 51.5 Å². The summed E-state index contributed by atoms with van der Waals surface area (Å²) in [6, 6.07) is 70.3. The van der Waals surface area contributed by atoms with E-state index in [2.05, 4.69) is 204 Å². The first kappa shape index (κ1) is 30.6. The zero-order valence-corrected chi connectivity index (χ0v) is 29.8. The van der Waals surface area contributed by atoms with Crippen molar-refractivity contribution in [1.82, 2.24) is 0 Å². The second-order valence-electron chi connectivity index (χ2n) is 13.0. The molecule has 8 aromatic carbocycles. The number of anilines is 6. The molecule has 0 unspecified atom stereocenters. The van der Waals surface area contributed by atoms with Gasteiger partial charge in [0.25, 0.3) is 0 Å². The van der Waals surface area contributed by atoms with Crippen molar-refractivity contribution in [1.29, 1.82) is 0 Å². The maximum Gasteiger partial charge on any atom is 0.0476 e. The summed E-state index contributed by atoms with van der Waals surface area (Å²) in [7, 11) is 0. The van der Waals surface area contributed by atoms with E-state index in [-0.39, 0.29) is 0 Å². The maximum atomic E-state index is 2.36. The average molecular weight is 701 g/mol.